The van der Waals surface area contributed by atoms with E-state index < -0.39 is 12.3 Å². The number of hydrogen-bond acceptors (Lipinski definition) is 4. The van der Waals surface area contributed by atoms with Gasteiger partial charge in [0.1, 0.15) is 24.5 Å². The molecule has 0 radical (unpaired) electrons. The molecule has 0 saturated carbocycles. The van der Waals surface area contributed by atoms with Crippen LogP contribution in [0.4, 0.5) is 0 Å². The Morgan fingerprint density at radius 3 is 2.12 bits per heavy atom. The number of ether oxygens (including phenoxy) is 1. The van der Waals surface area contributed by atoms with Crippen LogP contribution in [0.1, 0.15) is 34.4 Å². The van der Waals surface area contributed by atoms with E-state index in [1.54, 1.807) is 11.0 Å². The first kappa shape index (κ1) is 19.7. The van der Waals surface area contributed by atoms with Crippen LogP contribution in [-0.4, -0.2) is 26.0 Å². The van der Waals surface area contributed by atoms with Crippen molar-refractivity contribution in [2.75, 3.05) is 0 Å². The van der Waals surface area contributed by atoms with Crippen LogP contribution >= 0.6 is 0 Å². The topological polar surface area (TPSA) is 60.2 Å². The molecule has 3 rings (SSSR count). The second kappa shape index (κ2) is 8.15. The normalized spacial score (nSPS) is 13.5. The molecule has 0 amide bonds. The smallest absolute Gasteiger partial charge is 0.219 e. The molecule has 0 spiro atoms. The highest BCUT2D eigenvalue weighted by Crippen LogP contribution is 2.31. The highest BCUT2D eigenvalue weighted by molar-refractivity contribution is 5.63. The summed E-state index contributed by atoms with van der Waals surface area (Å²) in [4.78, 5) is 3.96. The van der Waals surface area contributed by atoms with Gasteiger partial charge in [-0.3, -0.25) is 0 Å². The number of aromatic nitrogens is 3. The number of rotatable bonds is 5. The summed E-state index contributed by atoms with van der Waals surface area (Å²) >= 11 is 0. The average Bonchev–Trinajstić information content (AvgIpc) is 3.14. The lowest BCUT2D eigenvalue weighted by Crippen LogP contribution is -2.38. The Balaban J connectivity index is 0.00000243. The average molecular weight is 353 g/mol. The Kier molecular flexibility index (Phi) is 6.16. The molecule has 0 saturated heterocycles. The van der Waals surface area contributed by atoms with Crippen LogP contribution in [0.3, 0.4) is 0 Å². The molecule has 0 bridgehead atoms. The van der Waals surface area contributed by atoms with Crippen molar-refractivity contribution in [3.8, 4) is 16.9 Å². The van der Waals surface area contributed by atoms with Gasteiger partial charge in [0, 0.05) is 0 Å². The summed E-state index contributed by atoms with van der Waals surface area (Å²) < 4.78 is 7.59. The fourth-order valence-electron chi connectivity index (χ4n) is 2.54. The minimum Gasteiger partial charge on any atom is -0.466 e. The molecule has 1 N–H and O–H groups in total. The Morgan fingerprint density at radius 2 is 1.58 bits per heavy atom. The molecule has 2 unspecified atom stereocenters. The predicted molar refractivity (Wildman–Crippen MR) is 104 cm³/mol. The SMILES string of the molecule is C.CC(C)(C)C(O)C(Oc1ccc(-c2ccccc2)cc1)n1cncn1. The number of benzene rings is 2. The Labute approximate surface area is 155 Å². The van der Waals surface area contributed by atoms with Crippen molar-refractivity contribution in [3.63, 3.8) is 0 Å². The van der Waals surface area contributed by atoms with Crippen molar-refractivity contribution < 1.29 is 9.84 Å². The lowest BCUT2D eigenvalue weighted by Gasteiger charge is -2.32. The third kappa shape index (κ3) is 4.49. The molecule has 5 heteroatoms. The number of hydrogen-bond donors (Lipinski definition) is 1. The molecular weight excluding hydrogens is 326 g/mol. The van der Waals surface area contributed by atoms with Crippen LogP contribution in [0, 0.1) is 5.41 Å². The van der Waals surface area contributed by atoms with Crippen LogP contribution < -0.4 is 4.74 Å². The zero-order valence-corrected chi connectivity index (χ0v) is 14.7. The third-order valence-electron chi connectivity index (χ3n) is 4.07. The van der Waals surface area contributed by atoms with Gasteiger partial charge in [-0.05, 0) is 28.7 Å². The Hall–Kier alpha value is -2.66. The fourth-order valence-corrected chi connectivity index (χ4v) is 2.54. The van der Waals surface area contributed by atoms with Gasteiger partial charge in [0.05, 0.1) is 0 Å². The third-order valence-corrected chi connectivity index (χ3v) is 4.07. The maximum absolute atomic E-state index is 10.7. The number of aliphatic hydroxyl groups is 1. The van der Waals surface area contributed by atoms with Crippen LogP contribution in [0.5, 0.6) is 5.75 Å². The van der Waals surface area contributed by atoms with Crippen molar-refractivity contribution in [3.05, 3.63) is 67.3 Å². The number of nitrogens with zero attached hydrogens (tertiary/aromatic N) is 3. The van der Waals surface area contributed by atoms with Crippen molar-refractivity contribution in [2.24, 2.45) is 5.41 Å². The molecule has 2 atom stereocenters. The highest BCUT2D eigenvalue weighted by Gasteiger charge is 2.34. The van der Waals surface area contributed by atoms with Gasteiger partial charge in [-0.2, -0.15) is 5.10 Å². The van der Waals surface area contributed by atoms with E-state index in [0.717, 1.165) is 11.1 Å². The maximum Gasteiger partial charge on any atom is 0.219 e. The van der Waals surface area contributed by atoms with E-state index in [4.69, 9.17) is 4.74 Å². The zero-order chi connectivity index (χ0) is 17.9. The minimum atomic E-state index is -0.747. The van der Waals surface area contributed by atoms with E-state index in [1.807, 2.05) is 63.2 Å². The van der Waals surface area contributed by atoms with E-state index in [0.29, 0.717) is 5.75 Å². The highest BCUT2D eigenvalue weighted by atomic mass is 16.5. The molecular formula is C21H27N3O2. The molecule has 0 aliphatic heterocycles. The first-order valence-corrected chi connectivity index (χ1v) is 8.29. The van der Waals surface area contributed by atoms with E-state index in [9.17, 15) is 5.11 Å². The summed E-state index contributed by atoms with van der Waals surface area (Å²) in [5.41, 5.74) is 1.90. The molecule has 26 heavy (non-hydrogen) atoms. The first-order valence-electron chi connectivity index (χ1n) is 8.29. The molecule has 2 aromatic carbocycles. The molecule has 138 valence electrons. The van der Waals surface area contributed by atoms with E-state index in [2.05, 4.69) is 22.2 Å². The predicted octanol–water partition coefficient (Wildman–Crippen LogP) is 4.57. The van der Waals surface area contributed by atoms with Crippen molar-refractivity contribution >= 4 is 0 Å². The van der Waals surface area contributed by atoms with Crippen LogP contribution in [0.25, 0.3) is 11.1 Å². The second-order valence-electron chi connectivity index (χ2n) is 7.09. The van der Waals surface area contributed by atoms with Crippen molar-refractivity contribution in [2.45, 2.75) is 40.5 Å². The van der Waals surface area contributed by atoms with E-state index in [-0.39, 0.29) is 12.8 Å². The van der Waals surface area contributed by atoms with Crippen LogP contribution in [0.2, 0.25) is 0 Å². The molecule has 3 aromatic rings. The monoisotopic (exact) mass is 353 g/mol. The van der Waals surface area contributed by atoms with Gasteiger partial charge >= 0.3 is 0 Å². The molecule has 0 fully saturated rings. The zero-order valence-electron chi connectivity index (χ0n) is 14.7. The molecule has 5 nitrogen and oxygen atoms in total. The maximum atomic E-state index is 10.7. The van der Waals surface area contributed by atoms with Gasteiger partial charge in [0.2, 0.25) is 6.23 Å². The van der Waals surface area contributed by atoms with E-state index >= 15 is 0 Å². The lowest BCUT2D eigenvalue weighted by molar-refractivity contribution is -0.0731. The van der Waals surface area contributed by atoms with Gasteiger partial charge in [-0.1, -0.05) is 70.7 Å². The molecule has 1 aromatic heterocycles. The first-order chi connectivity index (χ1) is 11.9. The molecule has 0 aliphatic carbocycles. The quantitative estimate of drug-likeness (QED) is 0.730. The summed E-state index contributed by atoms with van der Waals surface area (Å²) in [7, 11) is 0. The summed E-state index contributed by atoms with van der Waals surface area (Å²) in [6, 6.07) is 18.0. The lowest BCUT2D eigenvalue weighted by atomic mass is 9.88. The molecule has 0 aliphatic rings. The van der Waals surface area contributed by atoms with Crippen LogP contribution in [0.15, 0.2) is 67.3 Å². The Bertz CT molecular complexity index is 778. The van der Waals surface area contributed by atoms with Crippen LogP contribution in [-0.2, 0) is 0 Å². The fraction of sp³-hybridized carbons (Fsp3) is 0.333. The summed E-state index contributed by atoms with van der Waals surface area (Å²) in [5.74, 6) is 0.670. The van der Waals surface area contributed by atoms with Gasteiger partial charge in [-0.15, -0.1) is 0 Å². The van der Waals surface area contributed by atoms with Gasteiger partial charge in [0.15, 0.2) is 0 Å². The Morgan fingerprint density at radius 1 is 0.962 bits per heavy atom. The second-order valence-corrected chi connectivity index (χ2v) is 7.09. The number of aliphatic hydroxyl groups excluding tert-OH is 1. The van der Waals surface area contributed by atoms with Crippen molar-refractivity contribution in [1.29, 1.82) is 0 Å². The minimum absolute atomic E-state index is 0. The summed E-state index contributed by atoms with van der Waals surface area (Å²) in [5, 5.41) is 14.8. The largest absolute Gasteiger partial charge is 0.466 e. The standard InChI is InChI=1S/C20H23N3O2.CH4/c1-20(2,3)18(24)19(23-14-21-13-22-23)25-17-11-9-16(10-12-17)15-7-5-4-6-8-15;/h4-14,18-19,24H,1-3H3;1H4. The van der Waals surface area contributed by atoms with Gasteiger partial charge in [-0.25, -0.2) is 9.67 Å². The van der Waals surface area contributed by atoms with Gasteiger partial charge in [0.25, 0.3) is 0 Å². The molecule has 1 heterocycles. The van der Waals surface area contributed by atoms with E-state index in [1.165, 1.54) is 6.33 Å². The summed E-state index contributed by atoms with van der Waals surface area (Å²) in [6.45, 7) is 5.89. The van der Waals surface area contributed by atoms with Gasteiger partial charge < -0.3 is 9.84 Å². The van der Waals surface area contributed by atoms with Crippen molar-refractivity contribution in [1.82, 2.24) is 14.8 Å². The summed E-state index contributed by atoms with van der Waals surface area (Å²) in [6.07, 6.45) is 1.59.